The average Bonchev–Trinajstić information content (AvgIpc) is 2.67. The Morgan fingerprint density at radius 1 is 1.40 bits per heavy atom. The maximum atomic E-state index is 5.76. The van der Waals surface area contributed by atoms with Gasteiger partial charge in [-0.15, -0.1) is 11.6 Å². The second-order valence-electron chi connectivity index (χ2n) is 3.59. The molecule has 0 aliphatic carbocycles. The highest BCUT2D eigenvalue weighted by molar-refractivity contribution is 6.17. The molecule has 0 saturated heterocycles. The summed E-state index contributed by atoms with van der Waals surface area (Å²) in [5.74, 6) is 1.66. The van der Waals surface area contributed by atoms with Crippen molar-refractivity contribution in [3.8, 4) is 0 Å². The number of aromatic nitrogens is 4. The van der Waals surface area contributed by atoms with Crippen molar-refractivity contribution in [1.82, 2.24) is 19.3 Å². The third kappa shape index (κ3) is 1.53. The molecule has 0 aliphatic heterocycles. The summed E-state index contributed by atoms with van der Waals surface area (Å²) in [6.45, 7) is 5.00. The summed E-state index contributed by atoms with van der Waals surface area (Å²) >= 11 is 5.76. The van der Waals surface area contributed by atoms with Gasteiger partial charge in [-0.25, -0.2) is 4.98 Å². The zero-order valence-electron chi connectivity index (χ0n) is 9.29. The first-order valence-electron chi connectivity index (χ1n) is 5.13. The van der Waals surface area contributed by atoms with Crippen LogP contribution in [0.25, 0.3) is 11.2 Å². The van der Waals surface area contributed by atoms with Crippen molar-refractivity contribution in [3.05, 3.63) is 11.5 Å². The summed E-state index contributed by atoms with van der Waals surface area (Å²) in [6.07, 6.45) is 0.809. The largest absolute Gasteiger partial charge is 0.313 e. The van der Waals surface area contributed by atoms with Crippen LogP contribution in [0.5, 0.6) is 0 Å². The zero-order valence-corrected chi connectivity index (χ0v) is 10.0. The highest BCUT2D eigenvalue weighted by Crippen LogP contribution is 2.19. The topological polar surface area (TPSA) is 35.6 Å². The van der Waals surface area contributed by atoms with Crippen molar-refractivity contribution in [3.63, 3.8) is 0 Å². The van der Waals surface area contributed by atoms with Crippen LogP contribution >= 0.6 is 11.6 Å². The number of aryl methyl sites for hydroxylation is 4. The standard InChI is InChI=1S/C10H15ClN4/c1-4-15-8(5-6-11)12-9-7(2)13-14(3)10(9)15/h4-6H2,1-3H3. The Kier molecular flexibility index (Phi) is 2.69. The van der Waals surface area contributed by atoms with Crippen LogP contribution in [-0.4, -0.2) is 25.2 Å². The average molecular weight is 227 g/mol. The SMILES string of the molecule is CCn1c(CCCl)nc2c(C)nn(C)c21. The van der Waals surface area contributed by atoms with Gasteiger partial charge in [-0.3, -0.25) is 4.68 Å². The molecule has 2 rings (SSSR count). The molecule has 0 aliphatic rings. The molecule has 0 fully saturated rings. The summed E-state index contributed by atoms with van der Waals surface area (Å²) in [7, 11) is 1.95. The lowest BCUT2D eigenvalue weighted by molar-refractivity contribution is 0.676. The summed E-state index contributed by atoms with van der Waals surface area (Å²) in [5.41, 5.74) is 3.07. The second kappa shape index (κ2) is 3.85. The second-order valence-corrected chi connectivity index (χ2v) is 3.97. The molecule has 2 aromatic rings. The Balaban J connectivity index is 2.68. The number of hydrogen-bond donors (Lipinski definition) is 0. The van der Waals surface area contributed by atoms with E-state index in [-0.39, 0.29) is 0 Å². The van der Waals surface area contributed by atoms with Gasteiger partial charge >= 0.3 is 0 Å². The van der Waals surface area contributed by atoms with Crippen LogP contribution in [-0.2, 0) is 20.0 Å². The van der Waals surface area contributed by atoms with Crippen LogP contribution in [0.15, 0.2) is 0 Å². The number of halogens is 1. The molecule has 2 heterocycles. The van der Waals surface area contributed by atoms with Crippen molar-refractivity contribution in [2.45, 2.75) is 26.8 Å². The van der Waals surface area contributed by atoms with Crippen molar-refractivity contribution in [2.24, 2.45) is 7.05 Å². The van der Waals surface area contributed by atoms with Crippen LogP contribution in [0.3, 0.4) is 0 Å². The zero-order chi connectivity index (χ0) is 11.0. The van der Waals surface area contributed by atoms with E-state index in [9.17, 15) is 0 Å². The molecule has 0 amide bonds. The normalized spacial score (nSPS) is 11.5. The molecule has 0 spiro atoms. The van der Waals surface area contributed by atoms with Crippen LogP contribution in [0.2, 0.25) is 0 Å². The summed E-state index contributed by atoms with van der Waals surface area (Å²) < 4.78 is 4.07. The summed E-state index contributed by atoms with van der Waals surface area (Å²) in [4.78, 5) is 4.59. The van der Waals surface area contributed by atoms with Crippen molar-refractivity contribution >= 4 is 22.8 Å². The molecule has 0 N–H and O–H groups in total. The van der Waals surface area contributed by atoms with Gasteiger partial charge in [0.2, 0.25) is 0 Å². The van der Waals surface area contributed by atoms with E-state index in [1.54, 1.807) is 0 Å². The molecule has 4 nitrogen and oxygen atoms in total. The maximum absolute atomic E-state index is 5.76. The van der Waals surface area contributed by atoms with E-state index in [0.717, 1.165) is 35.6 Å². The number of hydrogen-bond acceptors (Lipinski definition) is 2. The molecule has 0 radical (unpaired) electrons. The molecule has 0 bridgehead atoms. The number of nitrogens with zero attached hydrogens (tertiary/aromatic N) is 4. The Morgan fingerprint density at radius 3 is 2.73 bits per heavy atom. The molecule has 5 heteroatoms. The molecule has 2 aromatic heterocycles. The minimum Gasteiger partial charge on any atom is -0.313 e. The Hall–Kier alpha value is -1.03. The lowest BCUT2D eigenvalue weighted by Crippen LogP contribution is -2.06. The van der Waals surface area contributed by atoms with E-state index in [1.807, 2.05) is 18.7 Å². The molecule has 0 aromatic carbocycles. The molecule has 15 heavy (non-hydrogen) atoms. The van der Waals surface area contributed by atoms with Gasteiger partial charge in [0, 0.05) is 25.9 Å². The van der Waals surface area contributed by atoms with E-state index in [4.69, 9.17) is 11.6 Å². The predicted molar refractivity (Wildman–Crippen MR) is 61.3 cm³/mol. The minimum atomic E-state index is 0.607. The lowest BCUT2D eigenvalue weighted by atomic mass is 10.4. The first-order chi connectivity index (χ1) is 7.19. The fourth-order valence-corrected chi connectivity index (χ4v) is 2.16. The molecule has 0 unspecified atom stereocenters. The van der Waals surface area contributed by atoms with Crippen molar-refractivity contribution < 1.29 is 0 Å². The van der Waals surface area contributed by atoms with E-state index in [2.05, 4.69) is 21.6 Å². The molecular formula is C10H15ClN4. The Bertz CT molecular complexity index is 483. The van der Waals surface area contributed by atoms with Gasteiger partial charge in [-0.2, -0.15) is 5.10 Å². The number of rotatable bonds is 3. The third-order valence-electron chi connectivity index (χ3n) is 2.60. The minimum absolute atomic E-state index is 0.607. The first-order valence-corrected chi connectivity index (χ1v) is 5.67. The lowest BCUT2D eigenvalue weighted by Gasteiger charge is -2.04. The van der Waals surface area contributed by atoms with Crippen molar-refractivity contribution in [1.29, 1.82) is 0 Å². The molecule has 0 atom stereocenters. The predicted octanol–water partition coefficient (Wildman–Crippen LogP) is 1.88. The van der Waals surface area contributed by atoms with E-state index in [0.29, 0.717) is 5.88 Å². The van der Waals surface area contributed by atoms with Gasteiger partial charge in [0.1, 0.15) is 11.3 Å². The number of imidazole rings is 1. The van der Waals surface area contributed by atoms with Crippen LogP contribution < -0.4 is 0 Å². The highest BCUT2D eigenvalue weighted by Gasteiger charge is 2.15. The smallest absolute Gasteiger partial charge is 0.158 e. The summed E-state index contributed by atoms with van der Waals surface area (Å²) in [6, 6.07) is 0. The van der Waals surface area contributed by atoms with Gasteiger partial charge in [0.25, 0.3) is 0 Å². The first kappa shape index (κ1) is 10.5. The highest BCUT2D eigenvalue weighted by atomic mass is 35.5. The van der Waals surface area contributed by atoms with E-state index < -0.39 is 0 Å². The molecule has 0 saturated carbocycles. The van der Waals surface area contributed by atoms with Crippen molar-refractivity contribution in [2.75, 3.05) is 5.88 Å². The third-order valence-corrected chi connectivity index (χ3v) is 2.79. The fourth-order valence-electron chi connectivity index (χ4n) is 1.99. The number of fused-ring (bicyclic) bond motifs is 1. The van der Waals surface area contributed by atoms with Gasteiger partial charge in [-0.1, -0.05) is 0 Å². The Morgan fingerprint density at radius 2 is 2.13 bits per heavy atom. The van der Waals surface area contributed by atoms with Gasteiger partial charge in [0.05, 0.1) is 5.69 Å². The molecule has 82 valence electrons. The van der Waals surface area contributed by atoms with Crippen LogP contribution in [0.4, 0.5) is 0 Å². The monoisotopic (exact) mass is 226 g/mol. The Labute approximate surface area is 93.9 Å². The van der Waals surface area contributed by atoms with Crippen LogP contribution in [0.1, 0.15) is 18.4 Å². The van der Waals surface area contributed by atoms with E-state index >= 15 is 0 Å². The fraction of sp³-hybridized carbons (Fsp3) is 0.600. The van der Waals surface area contributed by atoms with E-state index in [1.165, 1.54) is 0 Å². The molecular weight excluding hydrogens is 212 g/mol. The summed E-state index contributed by atoms with van der Waals surface area (Å²) in [5, 5.41) is 4.36. The van der Waals surface area contributed by atoms with Gasteiger partial charge in [-0.05, 0) is 13.8 Å². The van der Waals surface area contributed by atoms with Gasteiger partial charge < -0.3 is 4.57 Å². The maximum Gasteiger partial charge on any atom is 0.158 e. The van der Waals surface area contributed by atoms with Crippen LogP contribution in [0, 0.1) is 6.92 Å². The number of alkyl halides is 1. The van der Waals surface area contributed by atoms with Gasteiger partial charge in [0.15, 0.2) is 5.65 Å². The quantitative estimate of drug-likeness (QED) is 0.750.